The van der Waals surface area contributed by atoms with E-state index in [1.54, 1.807) is 12.1 Å². The van der Waals surface area contributed by atoms with Crippen LogP contribution in [-0.4, -0.2) is 47.2 Å². The summed E-state index contributed by atoms with van der Waals surface area (Å²) in [5.74, 6) is 0.0209. The minimum atomic E-state index is -1.05. The number of nitrogens with zero attached hydrogens (tertiary/aromatic N) is 1. The molecule has 1 aliphatic heterocycles. The summed E-state index contributed by atoms with van der Waals surface area (Å²) in [6.45, 7) is -0.273. The summed E-state index contributed by atoms with van der Waals surface area (Å²) in [7, 11) is 0. The SMILES string of the molecule is O=C1NC(CCc2ccccc2)C(=O)N1CC(O)COc1ccc(Cl)cc1Cl. The van der Waals surface area contributed by atoms with Gasteiger partial charge in [-0.15, -0.1) is 0 Å². The van der Waals surface area contributed by atoms with E-state index in [0.717, 1.165) is 10.5 Å². The minimum Gasteiger partial charge on any atom is -0.489 e. The average molecular weight is 423 g/mol. The molecular formula is C20H20Cl2N2O4. The first kappa shape index (κ1) is 20.5. The largest absolute Gasteiger partial charge is 0.489 e. The van der Waals surface area contributed by atoms with E-state index < -0.39 is 18.2 Å². The molecule has 3 amide bonds. The highest BCUT2D eigenvalue weighted by Crippen LogP contribution is 2.27. The van der Waals surface area contributed by atoms with Crippen molar-refractivity contribution in [3.05, 3.63) is 64.1 Å². The van der Waals surface area contributed by atoms with Gasteiger partial charge in [-0.1, -0.05) is 53.5 Å². The number of nitrogens with one attached hydrogen (secondary N) is 1. The van der Waals surface area contributed by atoms with Crippen molar-refractivity contribution in [2.45, 2.75) is 25.0 Å². The maximum atomic E-state index is 12.5. The highest BCUT2D eigenvalue weighted by Gasteiger charge is 2.38. The Morgan fingerprint density at radius 1 is 1.14 bits per heavy atom. The molecule has 1 heterocycles. The predicted molar refractivity (Wildman–Crippen MR) is 107 cm³/mol. The van der Waals surface area contributed by atoms with Crippen LogP contribution < -0.4 is 10.1 Å². The van der Waals surface area contributed by atoms with E-state index in [0.29, 0.717) is 28.6 Å². The second kappa shape index (κ2) is 9.28. The maximum Gasteiger partial charge on any atom is 0.324 e. The lowest BCUT2D eigenvalue weighted by atomic mass is 10.1. The zero-order valence-electron chi connectivity index (χ0n) is 15.0. The Balaban J connectivity index is 1.50. The number of hydrogen-bond acceptors (Lipinski definition) is 4. The standard InChI is InChI=1S/C20H20Cl2N2O4/c21-14-7-9-18(16(22)10-14)28-12-15(25)11-24-19(26)17(23-20(24)27)8-6-13-4-2-1-3-5-13/h1-5,7,9-10,15,17,25H,6,8,11-12H2,(H,23,27). The van der Waals surface area contributed by atoms with Crippen LogP contribution in [0.3, 0.4) is 0 Å². The van der Waals surface area contributed by atoms with E-state index in [1.807, 2.05) is 30.3 Å². The van der Waals surface area contributed by atoms with Crippen molar-refractivity contribution in [3.8, 4) is 5.75 Å². The van der Waals surface area contributed by atoms with Gasteiger partial charge in [0.2, 0.25) is 0 Å². The molecule has 2 atom stereocenters. The minimum absolute atomic E-state index is 0.118. The van der Waals surface area contributed by atoms with Gasteiger partial charge in [0.25, 0.3) is 5.91 Å². The molecule has 0 bridgehead atoms. The van der Waals surface area contributed by atoms with Crippen molar-refractivity contribution in [2.75, 3.05) is 13.2 Å². The van der Waals surface area contributed by atoms with Crippen molar-refractivity contribution < 1.29 is 19.4 Å². The molecule has 3 rings (SSSR count). The van der Waals surface area contributed by atoms with E-state index in [-0.39, 0.29) is 19.1 Å². The molecule has 8 heteroatoms. The molecule has 148 valence electrons. The molecule has 2 aromatic rings. The first-order valence-corrected chi connectivity index (χ1v) is 9.61. The lowest BCUT2D eigenvalue weighted by molar-refractivity contribution is -0.128. The van der Waals surface area contributed by atoms with Crippen LogP contribution in [0.2, 0.25) is 10.0 Å². The molecule has 0 spiro atoms. The molecule has 0 radical (unpaired) electrons. The third-order valence-corrected chi connectivity index (χ3v) is 4.92. The molecule has 1 saturated heterocycles. The third kappa shape index (κ3) is 5.16. The van der Waals surface area contributed by atoms with Gasteiger partial charge >= 0.3 is 6.03 Å². The van der Waals surface area contributed by atoms with Crippen LogP contribution in [0.4, 0.5) is 4.79 Å². The van der Waals surface area contributed by atoms with Gasteiger partial charge in [-0.25, -0.2) is 4.79 Å². The zero-order chi connectivity index (χ0) is 20.1. The van der Waals surface area contributed by atoms with Gasteiger partial charge in [0, 0.05) is 5.02 Å². The summed E-state index contributed by atoms with van der Waals surface area (Å²) < 4.78 is 5.46. The van der Waals surface area contributed by atoms with Crippen molar-refractivity contribution in [1.29, 1.82) is 0 Å². The number of aryl methyl sites for hydroxylation is 1. The number of urea groups is 1. The zero-order valence-corrected chi connectivity index (χ0v) is 16.5. The summed E-state index contributed by atoms with van der Waals surface area (Å²) in [5.41, 5.74) is 1.09. The van der Waals surface area contributed by atoms with E-state index >= 15 is 0 Å². The van der Waals surface area contributed by atoms with Gasteiger partial charge in [-0.2, -0.15) is 0 Å². The fourth-order valence-corrected chi connectivity index (χ4v) is 3.41. The summed E-state index contributed by atoms with van der Waals surface area (Å²) in [5, 5.41) is 13.6. The molecule has 0 saturated carbocycles. The molecule has 1 aliphatic rings. The predicted octanol–water partition coefficient (Wildman–Crippen LogP) is 3.29. The normalized spacial score (nSPS) is 17.5. The Bertz CT molecular complexity index is 847. The lowest BCUT2D eigenvalue weighted by Gasteiger charge is -2.18. The molecule has 28 heavy (non-hydrogen) atoms. The summed E-state index contributed by atoms with van der Waals surface area (Å²) in [6, 6.07) is 13.4. The van der Waals surface area contributed by atoms with Gasteiger partial charge < -0.3 is 15.2 Å². The van der Waals surface area contributed by atoms with Crippen molar-refractivity contribution in [2.24, 2.45) is 0 Å². The number of carbonyl (C=O) groups excluding carboxylic acids is 2. The smallest absolute Gasteiger partial charge is 0.324 e. The fourth-order valence-electron chi connectivity index (χ4n) is 2.94. The van der Waals surface area contributed by atoms with Crippen LogP contribution >= 0.6 is 23.2 Å². The molecule has 2 aromatic carbocycles. The molecule has 2 unspecified atom stereocenters. The molecule has 1 fully saturated rings. The number of hydrogen-bond donors (Lipinski definition) is 2. The Kier molecular flexibility index (Phi) is 6.78. The molecular weight excluding hydrogens is 403 g/mol. The number of aliphatic hydroxyl groups is 1. The second-order valence-electron chi connectivity index (χ2n) is 6.51. The van der Waals surface area contributed by atoms with Crippen molar-refractivity contribution in [1.82, 2.24) is 10.2 Å². The number of ether oxygens (including phenoxy) is 1. The van der Waals surface area contributed by atoms with Crippen LogP contribution in [0.1, 0.15) is 12.0 Å². The first-order valence-electron chi connectivity index (χ1n) is 8.86. The summed E-state index contributed by atoms with van der Waals surface area (Å²) in [6.07, 6.45) is 0.124. The number of amides is 3. The topological polar surface area (TPSA) is 78.9 Å². The number of benzene rings is 2. The number of halogens is 2. The molecule has 6 nitrogen and oxygen atoms in total. The van der Waals surface area contributed by atoms with Crippen LogP contribution in [-0.2, 0) is 11.2 Å². The van der Waals surface area contributed by atoms with Gasteiger partial charge in [0.05, 0.1) is 11.6 Å². The Morgan fingerprint density at radius 3 is 2.61 bits per heavy atom. The van der Waals surface area contributed by atoms with Gasteiger partial charge in [0.15, 0.2) is 0 Å². The van der Waals surface area contributed by atoms with Crippen molar-refractivity contribution in [3.63, 3.8) is 0 Å². The Morgan fingerprint density at radius 2 is 1.89 bits per heavy atom. The first-order chi connectivity index (χ1) is 13.4. The summed E-state index contributed by atoms with van der Waals surface area (Å²) >= 11 is 11.8. The van der Waals surface area contributed by atoms with Gasteiger partial charge in [-0.3, -0.25) is 9.69 Å². The Labute approximate surface area is 173 Å². The van der Waals surface area contributed by atoms with Crippen LogP contribution in [0.25, 0.3) is 0 Å². The van der Waals surface area contributed by atoms with Gasteiger partial charge in [-0.05, 0) is 36.6 Å². The average Bonchev–Trinajstić information content (AvgIpc) is 2.94. The lowest BCUT2D eigenvalue weighted by Crippen LogP contribution is -2.40. The van der Waals surface area contributed by atoms with E-state index in [1.165, 1.54) is 6.07 Å². The monoisotopic (exact) mass is 422 g/mol. The van der Waals surface area contributed by atoms with Crippen LogP contribution in [0.15, 0.2) is 48.5 Å². The number of rotatable bonds is 8. The van der Waals surface area contributed by atoms with Crippen LogP contribution in [0.5, 0.6) is 5.75 Å². The number of β-amino-alcohol motifs (C(OH)–C–C–N with tert-alkyl or cyclic N) is 1. The highest BCUT2D eigenvalue weighted by atomic mass is 35.5. The van der Waals surface area contributed by atoms with Crippen LogP contribution in [0, 0.1) is 0 Å². The molecule has 2 N–H and O–H groups in total. The fraction of sp³-hybridized carbons (Fsp3) is 0.300. The maximum absolute atomic E-state index is 12.5. The van der Waals surface area contributed by atoms with E-state index in [2.05, 4.69) is 5.32 Å². The third-order valence-electron chi connectivity index (χ3n) is 4.39. The van der Waals surface area contributed by atoms with E-state index in [9.17, 15) is 14.7 Å². The molecule has 0 aliphatic carbocycles. The Hall–Kier alpha value is -2.28. The highest BCUT2D eigenvalue weighted by molar-refractivity contribution is 6.35. The molecule has 0 aromatic heterocycles. The number of aliphatic hydroxyl groups excluding tert-OH is 1. The number of carbonyl (C=O) groups is 2. The van der Waals surface area contributed by atoms with E-state index in [4.69, 9.17) is 27.9 Å². The summed E-state index contributed by atoms with van der Waals surface area (Å²) in [4.78, 5) is 25.6. The number of imide groups is 1. The van der Waals surface area contributed by atoms with Crippen molar-refractivity contribution >= 4 is 35.1 Å². The van der Waals surface area contributed by atoms with Gasteiger partial charge in [0.1, 0.15) is 24.5 Å². The second-order valence-corrected chi connectivity index (χ2v) is 7.36. The quantitative estimate of drug-likeness (QED) is 0.639.